The van der Waals surface area contributed by atoms with Gasteiger partial charge in [0.2, 0.25) is 0 Å². The van der Waals surface area contributed by atoms with Gasteiger partial charge in [0.05, 0.1) is 34.4 Å². The predicted molar refractivity (Wildman–Crippen MR) is 300 cm³/mol. The molecule has 0 spiro atoms. The highest BCUT2D eigenvalue weighted by Crippen LogP contribution is 2.16. The summed E-state index contributed by atoms with van der Waals surface area (Å²) in [4.78, 5) is 37.5. The van der Waals surface area contributed by atoms with Crippen LogP contribution in [-0.4, -0.2) is 87.4 Å². The number of hydrogen-bond donors (Lipinski definition) is 1. The number of carbonyl (C=O) groups is 3. The van der Waals surface area contributed by atoms with Crippen molar-refractivity contribution in [2.24, 2.45) is 0 Å². The van der Waals surface area contributed by atoms with Crippen molar-refractivity contribution in [3.8, 4) is 0 Å². The van der Waals surface area contributed by atoms with Gasteiger partial charge in [0.15, 0.2) is 6.10 Å². The van der Waals surface area contributed by atoms with Crippen LogP contribution in [0.5, 0.6) is 0 Å². The Kier molecular flexibility index (Phi) is 51.5. The summed E-state index contributed by atoms with van der Waals surface area (Å²) in [6.45, 7) is 4.88. The van der Waals surface area contributed by atoms with E-state index in [1.807, 2.05) is 21.1 Å². The Morgan fingerprint density at radius 2 is 0.761 bits per heavy atom. The number of carbonyl (C=O) groups excluding carboxylic acids is 2. The van der Waals surface area contributed by atoms with E-state index in [0.29, 0.717) is 17.4 Å². The van der Waals surface area contributed by atoms with Crippen LogP contribution in [-0.2, 0) is 33.3 Å². The van der Waals surface area contributed by atoms with Gasteiger partial charge < -0.3 is 28.5 Å². The highest BCUT2D eigenvalue weighted by Gasteiger charge is 2.25. The van der Waals surface area contributed by atoms with E-state index in [-0.39, 0.29) is 32.2 Å². The van der Waals surface area contributed by atoms with Gasteiger partial charge in [-0.25, -0.2) is 4.79 Å². The molecule has 0 aliphatic rings. The summed E-state index contributed by atoms with van der Waals surface area (Å²) in [6, 6.07) is 0. The van der Waals surface area contributed by atoms with Crippen LogP contribution in [0.4, 0.5) is 0 Å². The second-order valence-corrected chi connectivity index (χ2v) is 21.3. The van der Waals surface area contributed by atoms with Gasteiger partial charge in [-0.15, -0.1) is 0 Å². The van der Waals surface area contributed by atoms with Crippen molar-refractivity contribution in [1.82, 2.24) is 0 Å². The lowest BCUT2D eigenvalue weighted by Crippen LogP contribution is -2.40. The first-order valence-corrected chi connectivity index (χ1v) is 29.8. The zero-order valence-electron chi connectivity index (χ0n) is 47.1. The number of aliphatic carboxylic acids is 1. The molecule has 0 saturated heterocycles. The third-order valence-electron chi connectivity index (χ3n) is 13.1. The lowest BCUT2D eigenvalue weighted by molar-refractivity contribution is -0.870. The van der Waals surface area contributed by atoms with Crippen LogP contribution in [0, 0.1) is 0 Å². The quantitative estimate of drug-likeness (QED) is 0.0211. The molecule has 0 amide bonds. The van der Waals surface area contributed by atoms with Gasteiger partial charge in [0.1, 0.15) is 13.2 Å². The van der Waals surface area contributed by atoms with Crippen LogP contribution in [0.15, 0.2) is 48.6 Å². The zero-order valence-corrected chi connectivity index (χ0v) is 47.1. The largest absolute Gasteiger partial charge is 0.477 e. The Balaban J connectivity index is 4.23. The maximum Gasteiger partial charge on any atom is 0.361 e. The van der Waals surface area contributed by atoms with E-state index in [9.17, 15) is 19.5 Å². The molecule has 0 rings (SSSR count). The van der Waals surface area contributed by atoms with Gasteiger partial charge in [-0.2, -0.15) is 0 Å². The first-order valence-electron chi connectivity index (χ1n) is 29.8. The van der Waals surface area contributed by atoms with Gasteiger partial charge >= 0.3 is 17.9 Å². The second kappa shape index (κ2) is 53.5. The number of carboxylic acids is 1. The Labute approximate surface area is 438 Å². The van der Waals surface area contributed by atoms with Crippen molar-refractivity contribution in [3.63, 3.8) is 0 Å². The normalized spacial score (nSPS) is 13.1. The fraction of sp³-hybridized carbons (Fsp3) is 0.823. The number of carboxylic acid groups (broad SMARTS) is 1. The summed E-state index contributed by atoms with van der Waals surface area (Å²) in [5.41, 5.74) is 0. The van der Waals surface area contributed by atoms with Gasteiger partial charge in [-0.05, 0) is 77.0 Å². The first-order chi connectivity index (χ1) is 34.6. The SMILES string of the molecule is CCCCCCC/C=C\C/C=C\CCCCCCCCCCCCCC(=O)OCC(COC(OCC[N+](C)(C)C)C(=O)O)OC(=O)CCCCCCCCCCCCC/C=C\C/C=C\CCCCCCC. The molecule has 0 aromatic heterocycles. The molecule has 71 heavy (non-hydrogen) atoms. The molecule has 0 radical (unpaired) electrons. The Morgan fingerprint density at radius 1 is 0.423 bits per heavy atom. The monoisotopic (exact) mass is 1000 g/mol. The van der Waals surface area contributed by atoms with E-state index in [0.717, 1.165) is 51.4 Å². The highest BCUT2D eigenvalue weighted by molar-refractivity contribution is 5.71. The molecule has 0 aliphatic carbocycles. The first kappa shape index (κ1) is 68.2. The minimum Gasteiger partial charge on any atom is -0.477 e. The molecule has 2 unspecified atom stereocenters. The summed E-state index contributed by atoms with van der Waals surface area (Å²) >= 11 is 0. The molecule has 1 N–H and O–H groups in total. The number of hydrogen-bond acceptors (Lipinski definition) is 7. The number of ether oxygens (including phenoxy) is 4. The van der Waals surface area contributed by atoms with E-state index in [4.69, 9.17) is 18.9 Å². The van der Waals surface area contributed by atoms with Crippen molar-refractivity contribution in [3.05, 3.63) is 48.6 Å². The molecule has 0 aliphatic heterocycles. The van der Waals surface area contributed by atoms with Crippen molar-refractivity contribution in [2.45, 2.75) is 283 Å². The molecule has 0 bridgehead atoms. The Morgan fingerprint density at radius 3 is 1.11 bits per heavy atom. The van der Waals surface area contributed by atoms with Crippen LogP contribution < -0.4 is 0 Å². The molecule has 0 heterocycles. The smallest absolute Gasteiger partial charge is 0.361 e. The van der Waals surface area contributed by atoms with Crippen LogP contribution in [0.3, 0.4) is 0 Å². The minimum atomic E-state index is -1.51. The van der Waals surface area contributed by atoms with Crippen molar-refractivity contribution >= 4 is 17.9 Å². The van der Waals surface area contributed by atoms with E-state index < -0.39 is 24.3 Å². The van der Waals surface area contributed by atoms with Crippen molar-refractivity contribution in [1.29, 1.82) is 0 Å². The molecular formula is C62H114NO8+. The number of esters is 2. The van der Waals surface area contributed by atoms with E-state index >= 15 is 0 Å². The molecule has 414 valence electrons. The summed E-state index contributed by atoms with van der Waals surface area (Å²) < 4.78 is 22.9. The number of allylic oxidation sites excluding steroid dienone is 8. The minimum absolute atomic E-state index is 0.183. The molecule has 9 heteroatoms. The van der Waals surface area contributed by atoms with E-state index in [1.54, 1.807) is 0 Å². The standard InChI is InChI=1S/C62H113NO8/c1-6-8-10-12-14-16-18-20-22-24-26-28-30-32-34-36-38-40-42-44-46-48-50-52-59(64)69-56-58(57-70-62(61(66)67)68-55-54-63(3,4)5)71-60(65)53-51-49-47-45-43-41-39-37-35-33-31-29-27-25-23-21-19-17-15-13-11-9-7-2/h18-21,24-27,58,62H,6-17,22-23,28-57H2,1-5H3/p+1/b20-18-,21-19-,26-24-,27-25-. The van der Waals surface area contributed by atoms with Gasteiger partial charge in [-0.3, -0.25) is 9.59 Å². The summed E-state index contributed by atoms with van der Waals surface area (Å²) in [5.74, 6) is -2.00. The van der Waals surface area contributed by atoms with Gasteiger partial charge in [0, 0.05) is 12.8 Å². The number of nitrogens with zero attached hydrogens (tertiary/aromatic N) is 1. The number of rotatable bonds is 55. The summed E-state index contributed by atoms with van der Waals surface area (Å²) in [5, 5.41) is 9.71. The van der Waals surface area contributed by atoms with Crippen LogP contribution in [0.25, 0.3) is 0 Å². The Hall–Kier alpha value is -2.75. The summed E-state index contributed by atoms with van der Waals surface area (Å²) in [6.07, 6.45) is 63.2. The molecule has 0 aromatic rings. The fourth-order valence-corrected chi connectivity index (χ4v) is 8.43. The topological polar surface area (TPSA) is 108 Å². The molecular weight excluding hydrogens is 887 g/mol. The lowest BCUT2D eigenvalue weighted by Gasteiger charge is -2.25. The lowest BCUT2D eigenvalue weighted by atomic mass is 10.0. The molecule has 0 fully saturated rings. The second-order valence-electron chi connectivity index (χ2n) is 21.3. The summed E-state index contributed by atoms with van der Waals surface area (Å²) in [7, 11) is 5.97. The number of likely N-dealkylation sites (N-methyl/N-ethyl adjacent to an activating group) is 1. The average molecular weight is 1000 g/mol. The van der Waals surface area contributed by atoms with Crippen molar-refractivity contribution in [2.75, 3.05) is 47.5 Å². The van der Waals surface area contributed by atoms with Crippen LogP contribution in [0.1, 0.15) is 271 Å². The van der Waals surface area contributed by atoms with E-state index in [1.165, 1.54) is 193 Å². The predicted octanol–water partition coefficient (Wildman–Crippen LogP) is 17.5. The molecule has 9 nitrogen and oxygen atoms in total. The van der Waals surface area contributed by atoms with E-state index in [2.05, 4.69) is 62.5 Å². The third kappa shape index (κ3) is 54.9. The van der Waals surface area contributed by atoms with Crippen LogP contribution >= 0.6 is 0 Å². The van der Waals surface area contributed by atoms with Crippen LogP contribution in [0.2, 0.25) is 0 Å². The van der Waals surface area contributed by atoms with Gasteiger partial charge in [-0.1, -0.05) is 229 Å². The highest BCUT2D eigenvalue weighted by atomic mass is 16.7. The fourth-order valence-electron chi connectivity index (χ4n) is 8.43. The van der Waals surface area contributed by atoms with Crippen molar-refractivity contribution < 1.29 is 42.9 Å². The maximum absolute atomic E-state index is 12.9. The van der Waals surface area contributed by atoms with Gasteiger partial charge in [0.25, 0.3) is 6.29 Å². The number of unbranched alkanes of at least 4 members (excludes halogenated alkanes) is 32. The molecule has 2 atom stereocenters. The average Bonchev–Trinajstić information content (AvgIpc) is 3.34. The zero-order chi connectivity index (χ0) is 52.0. The molecule has 0 saturated carbocycles. The number of quaternary nitrogens is 1. The third-order valence-corrected chi connectivity index (χ3v) is 13.1. The maximum atomic E-state index is 12.9. The Bertz CT molecular complexity index is 1300. The molecule has 0 aromatic carbocycles.